The van der Waals surface area contributed by atoms with Gasteiger partial charge in [0.2, 0.25) is 5.88 Å². The zero-order valence-corrected chi connectivity index (χ0v) is 17.6. The maximum atomic E-state index is 12.6. The fourth-order valence-electron chi connectivity index (χ4n) is 2.48. The Morgan fingerprint density at radius 1 is 1.07 bits per heavy atom. The number of hydrogen-bond acceptors (Lipinski definition) is 6. The third-order valence-electron chi connectivity index (χ3n) is 3.75. The second-order valence-corrected chi connectivity index (χ2v) is 8.32. The normalized spacial score (nSPS) is 11.5. The first-order chi connectivity index (χ1) is 14.0. The van der Waals surface area contributed by atoms with Crippen LogP contribution in [0.3, 0.4) is 0 Å². The molecule has 0 aliphatic heterocycles. The molecule has 3 rings (SSSR count). The van der Waals surface area contributed by atoms with Crippen LogP contribution in [-0.4, -0.2) is 36.7 Å². The molecule has 150 valence electrons. The first-order valence-electron chi connectivity index (χ1n) is 8.59. The number of aliphatic hydroxyl groups excluding tert-OH is 1. The molecule has 1 aromatic heterocycles. The lowest BCUT2D eigenvalue weighted by atomic mass is 10.1. The average molecular weight is 476 g/mol. The van der Waals surface area contributed by atoms with Crippen LogP contribution in [0.25, 0.3) is 17.2 Å². The molecule has 0 saturated carbocycles. The van der Waals surface area contributed by atoms with Crippen LogP contribution in [0, 0.1) is 0 Å². The Bertz CT molecular complexity index is 1090. The van der Waals surface area contributed by atoms with Gasteiger partial charge in [-0.3, -0.25) is 4.72 Å². The summed E-state index contributed by atoms with van der Waals surface area (Å²) in [5.74, 6) is 0.245. The van der Waals surface area contributed by atoms with Crippen molar-refractivity contribution in [3.63, 3.8) is 0 Å². The number of rotatable bonds is 8. The molecule has 0 spiro atoms. The van der Waals surface area contributed by atoms with Crippen LogP contribution in [0.5, 0.6) is 5.88 Å². The molecule has 0 radical (unpaired) electrons. The van der Waals surface area contributed by atoms with Crippen LogP contribution < -0.4 is 9.46 Å². The highest BCUT2D eigenvalue weighted by molar-refractivity contribution is 9.10. The maximum Gasteiger partial charge on any atom is 0.256 e. The Morgan fingerprint density at radius 3 is 2.48 bits per heavy atom. The number of nitrogens with zero attached hydrogens (tertiary/aromatic N) is 2. The van der Waals surface area contributed by atoms with Crippen molar-refractivity contribution in [3.05, 3.63) is 76.4 Å². The van der Waals surface area contributed by atoms with E-state index in [2.05, 4.69) is 30.6 Å². The van der Waals surface area contributed by atoms with Gasteiger partial charge in [0, 0.05) is 4.47 Å². The second kappa shape index (κ2) is 9.64. The van der Waals surface area contributed by atoms with E-state index in [-0.39, 0.29) is 24.9 Å². The predicted molar refractivity (Wildman–Crippen MR) is 116 cm³/mol. The molecule has 0 aliphatic carbocycles. The van der Waals surface area contributed by atoms with Crippen LogP contribution in [0.4, 0.5) is 5.82 Å². The number of halogens is 1. The second-order valence-electron chi connectivity index (χ2n) is 5.84. The number of anilines is 1. The van der Waals surface area contributed by atoms with Crippen molar-refractivity contribution >= 4 is 37.8 Å². The highest BCUT2D eigenvalue weighted by atomic mass is 79.9. The fraction of sp³-hybridized carbons (Fsp3) is 0.100. The Labute approximate surface area is 177 Å². The molecule has 29 heavy (non-hydrogen) atoms. The van der Waals surface area contributed by atoms with E-state index >= 15 is 0 Å². The Hall–Kier alpha value is -2.75. The molecule has 0 unspecified atom stereocenters. The van der Waals surface area contributed by atoms with E-state index in [9.17, 15) is 8.42 Å². The van der Waals surface area contributed by atoms with Gasteiger partial charge in [-0.2, -0.15) is 0 Å². The van der Waals surface area contributed by atoms with Gasteiger partial charge in [0.05, 0.1) is 17.6 Å². The van der Waals surface area contributed by atoms with Gasteiger partial charge in [0.1, 0.15) is 12.9 Å². The Kier molecular flexibility index (Phi) is 6.97. The van der Waals surface area contributed by atoms with E-state index in [1.165, 1.54) is 12.4 Å². The summed E-state index contributed by atoms with van der Waals surface area (Å²) in [5.41, 5.74) is 1.79. The molecule has 2 aromatic carbocycles. The predicted octanol–water partition coefficient (Wildman–Crippen LogP) is 3.69. The van der Waals surface area contributed by atoms with Gasteiger partial charge in [0.25, 0.3) is 10.0 Å². The van der Waals surface area contributed by atoms with Gasteiger partial charge in [-0.1, -0.05) is 58.4 Å². The number of nitrogens with one attached hydrogen (secondary N) is 1. The summed E-state index contributed by atoms with van der Waals surface area (Å²) >= 11 is 3.37. The van der Waals surface area contributed by atoms with Gasteiger partial charge in [-0.05, 0) is 29.3 Å². The summed E-state index contributed by atoms with van der Waals surface area (Å²) in [6.45, 7) is -0.189. The lowest BCUT2D eigenvalue weighted by Gasteiger charge is -2.14. The lowest BCUT2D eigenvalue weighted by Crippen LogP contribution is -2.13. The third kappa shape index (κ3) is 5.86. The number of aromatic nitrogens is 2. The molecule has 0 aliphatic rings. The largest absolute Gasteiger partial charge is 0.475 e. The quantitative estimate of drug-likeness (QED) is 0.515. The molecule has 7 nitrogen and oxygen atoms in total. The van der Waals surface area contributed by atoms with Crippen LogP contribution in [0.1, 0.15) is 5.56 Å². The molecule has 2 N–H and O–H groups in total. The van der Waals surface area contributed by atoms with E-state index < -0.39 is 10.0 Å². The first-order valence-corrected chi connectivity index (χ1v) is 10.9. The van der Waals surface area contributed by atoms with Crippen molar-refractivity contribution < 1.29 is 18.3 Å². The highest BCUT2D eigenvalue weighted by Crippen LogP contribution is 2.35. The monoisotopic (exact) mass is 475 g/mol. The SMILES string of the molecule is O=S(=O)(/C=C/c1ccccc1)Nc1ncnc(OCCO)c1-c1ccc(Br)cc1. The van der Waals surface area contributed by atoms with Gasteiger partial charge in [0.15, 0.2) is 5.82 Å². The number of hydrogen-bond donors (Lipinski definition) is 2. The summed E-state index contributed by atoms with van der Waals surface area (Å²) < 4.78 is 34.0. The number of benzene rings is 2. The molecule has 0 amide bonds. The fourth-order valence-corrected chi connectivity index (χ4v) is 3.57. The smallest absolute Gasteiger partial charge is 0.256 e. The van der Waals surface area contributed by atoms with Crippen molar-refractivity contribution in [1.82, 2.24) is 9.97 Å². The van der Waals surface area contributed by atoms with Gasteiger partial charge >= 0.3 is 0 Å². The molecule has 3 aromatic rings. The van der Waals surface area contributed by atoms with E-state index in [1.807, 2.05) is 30.3 Å². The third-order valence-corrected chi connectivity index (χ3v) is 5.25. The van der Waals surface area contributed by atoms with Crippen LogP contribution >= 0.6 is 15.9 Å². The van der Waals surface area contributed by atoms with Crippen molar-refractivity contribution in [1.29, 1.82) is 0 Å². The minimum absolute atomic E-state index is 0.0145. The maximum absolute atomic E-state index is 12.6. The van der Waals surface area contributed by atoms with Crippen molar-refractivity contribution in [2.75, 3.05) is 17.9 Å². The molecular weight excluding hydrogens is 458 g/mol. The van der Waals surface area contributed by atoms with Gasteiger partial charge in [-0.25, -0.2) is 18.4 Å². The van der Waals surface area contributed by atoms with Gasteiger partial charge < -0.3 is 9.84 Å². The molecule has 1 heterocycles. The minimum Gasteiger partial charge on any atom is -0.475 e. The Morgan fingerprint density at radius 2 is 1.79 bits per heavy atom. The van der Waals surface area contributed by atoms with Crippen LogP contribution in [-0.2, 0) is 10.0 Å². The molecule has 0 atom stereocenters. The molecule has 9 heteroatoms. The van der Waals surface area contributed by atoms with Crippen molar-refractivity contribution in [2.24, 2.45) is 0 Å². The molecule has 0 fully saturated rings. The molecule has 0 saturated heterocycles. The highest BCUT2D eigenvalue weighted by Gasteiger charge is 2.18. The molecule has 0 bridgehead atoms. The minimum atomic E-state index is -3.84. The van der Waals surface area contributed by atoms with Crippen LogP contribution in [0.2, 0.25) is 0 Å². The number of ether oxygens (including phenoxy) is 1. The summed E-state index contributed by atoms with van der Waals surface area (Å²) in [6.07, 6.45) is 2.69. The summed E-state index contributed by atoms with van der Waals surface area (Å²) in [6, 6.07) is 16.3. The average Bonchev–Trinajstić information content (AvgIpc) is 2.72. The standard InChI is InChI=1S/C20H18BrN3O4S/c21-17-8-6-16(7-9-17)18-19(22-14-23-20(18)28-12-11-25)24-29(26,27)13-10-15-4-2-1-3-5-15/h1-10,13-14,25H,11-12H2,(H,22,23,24)/b13-10+. The lowest BCUT2D eigenvalue weighted by molar-refractivity contribution is 0.197. The topological polar surface area (TPSA) is 101 Å². The summed E-state index contributed by atoms with van der Waals surface area (Å²) in [4.78, 5) is 8.19. The first kappa shape index (κ1) is 21.0. The summed E-state index contributed by atoms with van der Waals surface area (Å²) in [5, 5.41) is 10.1. The van der Waals surface area contributed by atoms with E-state index in [1.54, 1.807) is 24.3 Å². The summed E-state index contributed by atoms with van der Waals surface area (Å²) in [7, 11) is -3.84. The Balaban J connectivity index is 1.97. The zero-order chi connectivity index (χ0) is 20.7. The number of sulfonamides is 1. The van der Waals surface area contributed by atoms with E-state index in [0.717, 1.165) is 15.4 Å². The van der Waals surface area contributed by atoms with Gasteiger partial charge in [-0.15, -0.1) is 0 Å². The van der Waals surface area contributed by atoms with Crippen molar-refractivity contribution in [3.8, 4) is 17.0 Å². The zero-order valence-electron chi connectivity index (χ0n) is 15.2. The van der Waals surface area contributed by atoms with E-state index in [4.69, 9.17) is 9.84 Å². The van der Waals surface area contributed by atoms with Crippen LogP contribution in [0.15, 0.2) is 70.8 Å². The molecular formula is C20H18BrN3O4S. The van der Waals surface area contributed by atoms with Crippen molar-refractivity contribution in [2.45, 2.75) is 0 Å². The number of aliphatic hydroxyl groups is 1. The van der Waals surface area contributed by atoms with E-state index in [0.29, 0.717) is 11.1 Å².